The first-order valence-electron chi connectivity index (χ1n) is 5.90. The second-order valence-corrected chi connectivity index (χ2v) is 4.89. The van der Waals surface area contributed by atoms with Gasteiger partial charge in [0.15, 0.2) is 0 Å². The molecule has 2 rings (SSSR count). The van der Waals surface area contributed by atoms with Crippen LogP contribution in [0, 0.1) is 5.82 Å². The van der Waals surface area contributed by atoms with Gasteiger partial charge >= 0.3 is 5.97 Å². The molecule has 1 saturated heterocycles. The number of esters is 1. The standard InChI is InChI=1S/C13H15ClFNO2/c1-18-13(17)11-8-10(2-3-12(11)15)9-4-6-16(14)7-5-9/h2-3,8-9H,4-7H2,1H3. The number of ether oxygens (including phenoxy) is 1. The first-order valence-corrected chi connectivity index (χ1v) is 6.24. The van der Waals surface area contributed by atoms with E-state index in [4.69, 9.17) is 11.8 Å². The Bertz CT molecular complexity index is 445. The third-order valence-corrected chi connectivity index (χ3v) is 3.65. The van der Waals surface area contributed by atoms with E-state index in [2.05, 4.69) is 4.74 Å². The monoisotopic (exact) mass is 271 g/mol. The minimum atomic E-state index is -0.635. The van der Waals surface area contributed by atoms with Gasteiger partial charge in [0.1, 0.15) is 5.82 Å². The summed E-state index contributed by atoms with van der Waals surface area (Å²) >= 11 is 5.90. The van der Waals surface area contributed by atoms with Gasteiger partial charge < -0.3 is 4.74 Å². The lowest BCUT2D eigenvalue weighted by atomic mass is 9.89. The first kappa shape index (κ1) is 13.3. The third-order valence-electron chi connectivity index (χ3n) is 3.31. The Morgan fingerprint density at radius 2 is 2.11 bits per heavy atom. The maximum absolute atomic E-state index is 13.5. The highest BCUT2D eigenvalue weighted by atomic mass is 35.5. The number of carbonyl (C=O) groups excluding carboxylic acids is 1. The van der Waals surface area contributed by atoms with Crippen molar-refractivity contribution in [2.24, 2.45) is 0 Å². The Balaban J connectivity index is 2.21. The second kappa shape index (κ2) is 5.67. The number of halogens is 2. The van der Waals surface area contributed by atoms with Gasteiger partial charge in [0.05, 0.1) is 12.7 Å². The average molecular weight is 272 g/mol. The number of piperidine rings is 1. The molecule has 98 valence electrons. The number of nitrogens with zero attached hydrogens (tertiary/aromatic N) is 1. The fourth-order valence-electron chi connectivity index (χ4n) is 2.24. The maximum atomic E-state index is 13.5. The molecule has 1 aliphatic heterocycles. The topological polar surface area (TPSA) is 29.5 Å². The third kappa shape index (κ3) is 2.82. The lowest BCUT2D eigenvalue weighted by molar-refractivity contribution is 0.0595. The van der Waals surface area contributed by atoms with E-state index >= 15 is 0 Å². The van der Waals surface area contributed by atoms with E-state index in [0.717, 1.165) is 31.5 Å². The van der Waals surface area contributed by atoms with E-state index in [1.807, 2.05) is 0 Å². The van der Waals surface area contributed by atoms with Crippen molar-refractivity contribution in [3.8, 4) is 0 Å². The molecule has 1 aliphatic rings. The van der Waals surface area contributed by atoms with Crippen molar-refractivity contribution in [3.63, 3.8) is 0 Å². The van der Waals surface area contributed by atoms with Gasteiger partial charge in [-0.15, -0.1) is 0 Å². The highest BCUT2D eigenvalue weighted by Crippen LogP contribution is 2.29. The van der Waals surface area contributed by atoms with Crippen LogP contribution >= 0.6 is 11.8 Å². The Morgan fingerprint density at radius 3 is 2.72 bits per heavy atom. The highest BCUT2D eigenvalue weighted by molar-refractivity contribution is 6.13. The summed E-state index contributed by atoms with van der Waals surface area (Å²) in [4.78, 5) is 11.4. The molecule has 1 heterocycles. The van der Waals surface area contributed by atoms with Crippen LogP contribution in [0.4, 0.5) is 4.39 Å². The van der Waals surface area contributed by atoms with Crippen molar-refractivity contribution in [1.29, 1.82) is 0 Å². The molecule has 0 aliphatic carbocycles. The fourth-order valence-corrected chi connectivity index (χ4v) is 2.44. The van der Waals surface area contributed by atoms with Gasteiger partial charge in [-0.1, -0.05) is 6.07 Å². The van der Waals surface area contributed by atoms with Crippen LogP contribution in [-0.2, 0) is 4.74 Å². The molecule has 0 bridgehead atoms. The minimum Gasteiger partial charge on any atom is -0.465 e. The molecule has 0 atom stereocenters. The van der Waals surface area contributed by atoms with E-state index < -0.39 is 11.8 Å². The second-order valence-electron chi connectivity index (χ2n) is 4.42. The summed E-state index contributed by atoms with van der Waals surface area (Å²) in [6.07, 6.45) is 1.82. The smallest absolute Gasteiger partial charge is 0.340 e. The van der Waals surface area contributed by atoms with Crippen LogP contribution in [0.5, 0.6) is 0 Å². The highest BCUT2D eigenvalue weighted by Gasteiger charge is 2.21. The van der Waals surface area contributed by atoms with Crippen molar-refractivity contribution < 1.29 is 13.9 Å². The number of rotatable bonds is 2. The van der Waals surface area contributed by atoms with Gasteiger partial charge in [-0.25, -0.2) is 13.6 Å². The lowest BCUT2D eigenvalue weighted by Gasteiger charge is -2.27. The van der Waals surface area contributed by atoms with Gasteiger partial charge in [0.2, 0.25) is 0 Å². The summed E-state index contributed by atoms with van der Waals surface area (Å²) in [5.41, 5.74) is 0.977. The van der Waals surface area contributed by atoms with Gasteiger partial charge in [0, 0.05) is 13.1 Å². The van der Waals surface area contributed by atoms with Crippen LogP contribution in [-0.4, -0.2) is 30.6 Å². The molecular formula is C13H15ClFNO2. The zero-order valence-electron chi connectivity index (χ0n) is 10.2. The molecule has 0 spiro atoms. The molecule has 0 amide bonds. The van der Waals surface area contributed by atoms with E-state index in [1.165, 1.54) is 13.2 Å². The number of hydrogen-bond acceptors (Lipinski definition) is 3. The van der Waals surface area contributed by atoms with Crippen LogP contribution in [0.15, 0.2) is 18.2 Å². The summed E-state index contributed by atoms with van der Waals surface area (Å²) in [5, 5.41) is 0. The minimum absolute atomic E-state index is 0.00306. The molecule has 1 aromatic carbocycles. The Hall–Kier alpha value is -1.13. The summed E-state index contributed by atoms with van der Waals surface area (Å²) in [6.45, 7) is 1.61. The Labute approximate surface area is 111 Å². The number of carbonyl (C=O) groups is 1. The fraction of sp³-hybridized carbons (Fsp3) is 0.462. The number of benzene rings is 1. The van der Waals surface area contributed by atoms with Crippen molar-refractivity contribution in [2.45, 2.75) is 18.8 Å². The molecule has 5 heteroatoms. The predicted octanol–water partition coefficient (Wildman–Crippen LogP) is 2.95. The maximum Gasteiger partial charge on any atom is 0.340 e. The largest absolute Gasteiger partial charge is 0.465 e. The number of hydrogen-bond donors (Lipinski definition) is 0. The molecule has 0 unspecified atom stereocenters. The van der Waals surface area contributed by atoms with E-state index in [-0.39, 0.29) is 5.56 Å². The van der Waals surface area contributed by atoms with Crippen LogP contribution in [0.1, 0.15) is 34.7 Å². The van der Waals surface area contributed by atoms with Crippen molar-refractivity contribution >= 4 is 17.7 Å². The van der Waals surface area contributed by atoms with E-state index in [1.54, 1.807) is 16.6 Å². The summed E-state index contributed by atoms with van der Waals surface area (Å²) in [5.74, 6) is -0.853. The zero-order chi connectivity index (χ0) is 13.1. The zero-order valence-corrected chi connectivity index (χ0v) is 10.9. The molecule has 0 radical (unpaired) electrons. The Kier molecular flexibility index (Phi) is 4.19. The van der Waals surface area contributed by atoms with Crippen LogP contribution in [0.2, 0.25) is 0 Å². The van der Waals surface area contributed by atoms with Crippen LogP contribution in [0.3, 0.4) is 0 Å². The predicted molar refractivity (Wildman–Crippen MR) is 67.1 cm³/mol. The lowest BCUT2D eigenvalue weighted by Crippen LogP contribution is -2.25. The van der Waals surface area contributed by atoms with Gasteiger partial charge in [-0.05, 0) is 48.2 Å². The van der Waals surface area contributed by atoms with Crippen molar-refractivity contribution in [1.82, 2.24) is 4.42 Å². The van der Waals surface area contributed by atoms with Crippen LogP contribution in [0.25, 0.3) is 0 Å². The normalized spacial score (nSPS) is 17.7. The molecular weight excluding hydrogens is 257 g/mol. The molecule has 0 N–H and O–H groups in total. The molecule has 1 fully saturated rings. The molecule has 0 saturated carbocycles. The first-order chi connectivity index (χ1) is 8.61. The SMILES string of the molecule is COC(=O)c1cc(C2CCN(Cl)CC2)ccc1F. The van der Waals surface area contributed by atoms with Crippen LogP contribution < -0.4 is 0 Å². The molecule has 3 nitrogen and oxygen atoms in total. The van der Waals surface area contributed by atoms with Gasteiger partial charge in [-0.2, -0.15) is 0 Å². The summed E-state index contributed by atoms with van der Waals surface area (Å²) < 4.78 is 19.8. The van der Waals surface area contributed by atoms with E-state index in [0.29, 0.717) is 5.92 Å². The summed E-state index contributed by atoms with van der Waals surface area (Å²) in [7, 11) is 1.25. The van der Waals surface area contributed by atoms with Gasteiger partial charge in [0.25, 0.3) is 0 Å². The average Bonchev–Trinajstić information content (AvgIpc) is 2.39. The molecule has 1 aromatic rings. The summed E-state index contributed by atoms with van der Waals surface area (Å²) in [6, 6.07) is 4.65. The molecule has 0 aromatic heterocycles. The van der Waals surface area contributed by atoms with E-state index in [9.17, 15) is 9.18 Å². The molecule has 18 heavy (non-hydrogen) atoms. The number of methoxy groups -OCH3 is 1. The van der Waals surface area contributed by atoms with Crippen molar-refractivity contribution in [3.05, 3.63) is 35.1 Å². The quantitative estimate of drug-likeness (QED) is 0.612. The van der Waals surface area contributed by atoms with Gasteiger partial charge in [-0.3, -0.25) is 0 Å². The van der Waals surface area contributed by atoms with Crippen molar-refractivity contribution in [2.75, 3.05) is 20.2 Å². The Morgan fingerprint density at radius 1 is 1.44 bits per heavy atom.